The first-order valence-electron chi connectivity index (χ1n) is 7.90. The molecule has 116 valence electrons. The molecule has 2 fully saturated rings. The van der Waals surface area contributed by atoms with Crippen molar-refractivity contribution in [2.75, 3.05) is 45.9 Å². The van der Waals surface area contributed by atoms with E-state index in [1.165, 1.54) is 0 Å². The minimum Gasteiger partial charge on any atom is -0.378 e. The number of carbonyl (C=O) groups excluding carboxylic acids is 1. The van der Waals surface area contributed by atoms with E-state index in [1.807, 2.05) is 11.1 Å². The molecule has 0 aromatic carbocycles. The SMILES string of the molecule is O=C(C1CCCN(CCc2ncc[nH]2)C1)N1CCOCC1. The van der Waals surface area contributed by atoms with Crippen LogP contribution in [0.4, 0.5) is 0 Å². The van der Waals surface area contributed by atoms with Gasteiger partial charge in [0.25, 0.3) is 0 Å². The van der Waals surface area contributed by atoms with Gasteiger partial charge in [0.05, 0.1) is 19.1 Å². The Bertz CT molecular complexity index is 443. The summed E-state index contributed by atoms with van der Waals surface area (Å²) in [6.45, 7) is 5.82. The summed E-state index contributed by atoms with van der Waals surface area (Å²) in [4.78, 5) is 24.3. The molecule has 0 saturated carbocycles. The van der Waals surface area contributed by atoms with Gasteiger partial charge in [-0.3, -0.25) is 4.79 Å². The quantitative estimate of drug-likeness (QED) is 0.879. The van der Waals surface area contributed by atoms with E-state index in [9.17, 15) is 4.79 Å². The number of H-pyrrole nitrogens is 1. The number of aromatic amines is 1. The molecule has 6 nitrogen and oxygen atoms in total. The fourth-order valence-corrected chi connectivity index (χ4v) is 3.20. The van der Waals surface area contributed by atoms with Crippen LogP contribution >= 0.6 is 0 Å². The van der Waals surface area contributed by atoms with Gasteiger partial charge < -0.3 is 19.5 Å². The zero-order valence-electron chi connectivity index (χ0n) is 12.5. The number of carbonyl (C=O) groups is 1. The summed E-state index contributed by atoms with van der Waals surface area (Å²) >= 11 is 0. The second-order valence-corrected chi connectivity index (χ2v) is 5.86. The molecule has 1 aromatic rings. The molecule has 1 N–H and O–H groups in total. The van der Waals surface area contributed by atoms with E-state index in [0.717, 1.165) is 57.8 Å². The van der Waals surface area contributed by atoms with Gasteiger partial charge in [-0.25, -0.2) is 4.98 Å². The molecule has 2 aliphatic heterocycles. The van der Waals surface area contributed by atoms with E-state index in [-0.39, 0.29) is 5.92 Å². The van der Waals surface area contributed by atoms with Crippen molar-refractivity contribution in [3.05, 3.63) is 18.2 Å². The lowest BCUT2D eigenvalue weighted by atomic mass is 9.96. The Morgan fingerprint density at radius 3 is 3.00 bits per heavy atom. The highest BCUT2D eigenvalue weighted by atomic mass is 16.5. The smallest absolute Gasteiger partial charge is 0.227 e. The molecular weight excluding hydrogens is 268 g/mol. The minimum absolute atomic E-state index is 0.161. The Kier molecular flexibility index (Phi) is 4.87. The lowest BCUT2D eigenvalue weighted by Gasteiger charge is -2.36. The van der Waals surface area contributed by atoms with E-state index in [2.05, 4.69) is 14.9 Å². The maximum atomic E-state index is 12.6. The van der Waals surface area contributed by atoms with Crippen molar-refractivity contribution < 1.29 is 9.53 Å². The Morgan fingerprint density at radius 1 is 1.38 bits per heavy atom. The number of hydrogen-bond acceptors (Lipinski definition) is 4. The minimum atomic E-state index is 0.161. The topological polar surface area (TPSA) is 61.5 Å². The first-order chi connectivity index (χ1) is 10.3. The predicted molar refractivity (Wildman–Crippen MR) is 78.9 cm³/mol. The molecule has 1 amide bonds. The molecule has 1 aromatic heterocycles. The van der Waals surface area contributed by atoms with Crippen LogP contribution in [0.2, 0.25) is 0 Å². The van der Waals surface area contributed by atoms with Crippen molar-refractivity contribution in [2.24, 2.45) is 5.92 Å². The number of rotatable bonds is 4. The van der Waals surface area contributed by atoms with Gasteiger partial charge in [-0.15, -0.1) is 0 Å². The van der Waals surface area contributed by atoms with E-state index >= 15 is 0 Å². The highest BCUT2D eigenvalue weighted by Crippen LogP contribution is 2.19. The third-order valence-corrected chi connectivity index (χ3v) is 4.40. The van der Waals surface area contributed by atoms with Crippen molar-refractivity contribution in [3.63, 3.8) is 0 Å². The number of likely N-dealkylation sites (tertiary alicyclic amines) is 1. The van der Waals surface area contributed by atoms with Crippen LogP contribution in [0.25, 0.3) is 0 Å². The van der Waals surface area contributed by atoms with Crippen molar-refractivity contribution in [1.29, 1.82) is 0 Å². The van der Waals surface area contributed by atoms with Crippen LogP contribution in [0, 0.1) is 5.92 Å². The Morgan fingerprint density at radius 2 is 2.24 bits per heavy atom. The summed E-state index contributed by atoms with van der Waals surface area (Å²) in [5.74, 6) is 1.51. The maximum Gasteiger partial charge on any atom is 0.227 e. The molecule has 1 atom stereocenters. The van der Waals surface area contributed by atoms with Crippen LogP contribution < -0.4 is 0 Å². The number of piperidine rings is 1. The van der Waals surface area contributed by atoms with Crippen LogP contribution in [0.3, 0.4) is 0 Å². The number of nitrogens with zero attached hydrogens (tertiary/aromatic N) is 3. The standard InChI is InChI=1S/C15H24N4O2/c20-15(19-8-10-21-11-9-19)13-2-1-6-18(12-13)7-3-14-16-4-5-17-14/h4-5,13H,1-3,6-12H2,(H,16,17). The van der Waals surface area contributed by atoms with Crippen LogP contribution in [-0.4, -0.2) is 71.6 Å². The summed E-state index contributed by atoms with van der Waals surface area (Å²) in [7, 11) is 0. The van der Waals surface area contributed by atoms with Crippen molar-refractivity contribution in [3.8, 4) is 0 Å². The average molecular weight is 292 g/mol. The van der Waals surface area contributed by atoms with Crippen molar-refractivity contribution in [2.45, 2.75) is 19.3 Å². The predicted octanol–water partition coefficient (Wildman–Crippen LogP) is 0.523. The van der Waals surface area contributed by atoms with E-state index in [0.29, 0.717) is 19.1 Å². The Labute approximate surface area is 125 Å². The lowest BCUT2D eigenvalue weighted by molar-refractivity contribution is -0.141. The fourth-order valence-electron chi connectivity index (χ4n) is 3.20. The summed E-state index contributed by atoms with van der Waals surface area (Å²) < 4.78 is 5.32. The lowest BCUT2D eigenvalue weighted by Crippen LogP contribution is -2.48. The molecule has 2 aliphatic rings. The highest BCUT2D eigenvalue weighted by Gasteiger charge is 2.29. The number of imidazole rings is 1. The van der Waals surface area contributed by atoms with Crippen LogP contribution in [0.5, 0.6) is 0 Å². The summed E-state index contributed by atoms with van der Waals surface area (Å²) in [6.07, 6.45) is 6.70. The summed E-state index contributed by atoms with van der Waals surface area (Å²) in [5.41, 5.74) is 0. The van der Waals surface area contributed by atoms with E-state index in [1.54, 1.807) is 6.20 Å². The number of amides is 1. The largest absolute Gasteiger partial charge is 0.378 e. The monoisotopic (exact) mass is 292 g/mol. The molecule has 3 rings (SSSR count). The average Bonchev–Trinajstić information content (AvgIpc) is 3.07. The van der Waals surface area contributed by atoms with Gasteiger partial charge in [0.15, 0.2) is 0 Å². The van der Waals surface area contributed by atoms with Gasteiger partial charge in [-0.05, 0) is 19.4 Å². The summed E-state index contributed by atoms with van der Waals surface area (Å²) in [5, 5.41) is 0. The number of hydrogen-bond donors (Lipinski definition) is 1. The van der Waals surface area contributed by atoms with Gasteiger partial charge in [0, 0.05) is 45.0 Å². The second-order valence-electron chi connectivity index (χ2n) is 5.86. The fraction of sp³-hybridized carbons (Fsp3) is 0.733. The molecule has 0 radical (unpaired) electrons. The third kappa shape index (κ3) is 3.83. The van der Waals surface area contributed by atoms with Gasteiger partial charge in [0.2, 0.25) is 5.91 Å². The Balaban J connectivity index is 1.49. The first kappa shape index (κ1) is 14.5. The molecular formula is C15H24N4O2. The highest BCUT2D eigenvalue weighted by molar-refractivity contribution is 5.79. The zero-order valence-corrected chi connectivity index (χ0v) is 12.5. The molecule has 21 heavy (non-hydrogen) atoms. The van der Waals surface area contributed by atoms with Crippen LogP contribution in [0.1, 0.15) is 18.7 Å². The van der Waals surface area contributed by atoms with Gasteiger partial charge >= 0.3 is 0 Å². The molecule has 3 heterocycles. The van der Waals surface area contributed by atoms with Crippen molar-refractivity contribution >= 4 is 5.91 Å². The van der Waals surface area contributed by atoms with Crippen LogP contribution in [0.15, 0.2) is 12.4 Å². The second kappa shape index (κ2) is 7.04. The molecule has 0 aliphatic carbocycles. The molecule has 0 bridgehead atoms. The van der Waals surface area contributed by atoms with Gasteiger partial charge in [-0.2, -0.15) is 0 Å². The maximum absolute atomic E-state index is 12.6. The third-order valence-electron chi connectivity index (χ3n) is 4.40. The first-order valence-corrected chi connectivity index (χ1v) is 7.90. The van der Waals surface area contributed by atoms with E-state index in [4.69, 9.17) is 4.74 Å². The summed E-state index contributed by atoms with van der Waals surface area (Å²) in [6, 6.07) is 0. The van der Waals surface area contributed by atoms with Crippen LogP contribution in [-0.2, 0) is 16.0 Å². The van der Waals surface area contributed by atoms with Crippen molar-refractivity contribution in [1.82, 2.24) is 19.8 Å². The van der Waals surface area contributed by atoms with Gasteiger partial charge in [0.1, 0.15) is 5.82 Å². The molecule has 2 saturated heterocycles. The number of morpholine rings is 1. The van der Waals surface area contributed by atoms with Gasteiger partial charge in [-0.1, -0.05) is 0 Å². The Hall–Kier alpha value is -1.40. The number of aromatic nitrogens is 2. The molecule has 0 spiro atoms. The number of ether oxygens (including phenoxy) is 1. The normalized spacial score (nSPS) is 24.2. The van der Waals surface area contributed by atoms with E-state index < -0.39 is 0 Å². The zero-order chi connectivity index (χ0) is 14.5. The molecule has 6 heteroatoms. The molecule has 1 unspecified atom stereocenters. The number of nitrogens with one attached hydrogen (secondary N) is 1.